The van der Waals surface area contributed by atoms with Gasteiger partial charge in [0, 0.05) is 17.8 Å². The lowest BCUT2D eigenvalue weighted by atomic mass is 10.2. The lowest BCUT2D eigenvalue weighted by Crippen LogP contribution is -1.98. The van der Waals surface area contributed by atoms with Crippen LogP contribution in [0.15, 0.2) is 30.9 Å². The molecule has 2 heterocycles. The summed E-state index contributed by atoms with van der Waals surface area (Å²) in [5, 5.41) is 0. The minimum absolute atomic E-state index is 0.556. The lowest BCUT2D eigenvalue weighted by molar-refractivity contribution is 0.611. The van der Waals surface area contributed by atoms with E-state index in [4.69, 9.17) is 5.73 Å². The van der Waals surface area contributed by atoms with Crippen molar-refractivity contribution >= 4 is 5.82 Å². The normalized spacial score (nSPS) is 22.1. The highest BCUT2D eigenvalue weighted by Crippen LogP contribution is 2.47. The largest absolute Gasteiger partial charge is 0.384 e. The Morgan fingerprint density at radius 3 is 3.00 bits per heavy atom. The van der Waals surface area contributed by atoms with Crippen molar-refractivity contribution in [3.8, 4) is 11.3 Å². The number of hydrogen-bond acceptors (Lipinski definition) is 3. The Kier molecular flexibility index (Phi) is 2.78. The maximum Gasteiger partial charge on any atom is 0.123 e. The third-order valence-electron chi connectivity index (χ3n) is 3.65. The molecule has 0 bridgehead atoms. The van der Waals surface area contributed by atoms with E-state index in [2.05, 4.69) is 21.5 Å². The van der Waals surface area contributed by atoms with Crippen LogP contribution in [0.2, 0.25) is 0 Å². The number of nitrogens with zero attached hydrogens (tertiary/aromatic N) is 3. The molecule has 3 rings (SSSR count). The topological polar surface area (TPSA) is 56.7 Å². The molecule has 2 atom stereocenters. The van der Waals surface area contributed by atoms with Crippen LogP contribution in [0.3, 0.4) is 0 Å². The summed E-state index contributed by atoms with van der Waals surface area (Å²) in [7, 11) is 0. The van der Waals surface area contributed by atoms with E-state index in [0.717, 1.165) is 17.2 Å². The summed E-state index contributed by atoms with van der Waals surface area (Å²) in [4.78, 5) is 8.43. The minimum Gasteiger partial charge on any atom is -0.384 e. The van der Waals surface area contributed by atoms with Crippen LogP contribution in [0, 0.1) is 5.92 Å². The highest BCUT2D eigenvalue weighted by Gasteiger charge is 2.38. The van der Waals surface area contributed by atoms with Gasteiger partial charge in [-0.1, -0.05) is 13.3 Å². The molecule has 1 aliphatic rings. The van der Waals surface area contributed by atoms with Gasteiger partial charge >= 0.3 is 0 Å². The minimum atomic E-state index is 0.556. The van der Waals surface area contributed by atoms with E-state index in [9.17, 15) is 0 Å². The lowest BCUT2D eigenvalue weighted by Gasteiger charge is -2.07. The van der Waals surface area contributed by atoms with Crippen molar-refractivity contribution in [3.05, 3.63) is 30.9 Å². The maximum absolute atomic E-state index is 5.62. The van der Waals surface area contributed by atoms with Gasteiger partial charge in [0.25, 0.3) is 0 Å². The van der Waals surface area contributed by atoms with Gasteiger partial charge in [0.05, 0.1) is 18.2 Å². The standard InChI is InChI=1S/C14H18N4/c1-2-3-10-6-12(10)18-9-16-8-13(18)11-4-5-14(15)17-7-11/h4-5,7-10,12H,2-3,6H2,1H3,(H2,15,17). The van der Waals surface area contributed by atoms with E-state index in [0.29, 0.717) is 11.9 Å². The zero-order valence-electron chi connectivity index (χ0n) is 10.6. The first kappa shape index (κ1) is 11.3. The molecule has 0 amide bonds. The number of nitrogen functional groups attached to an aromatic ring is 1. The Morgan fingerprint density at radius 2 is 2.28 bits per heavy atom. The molecular weight excluding hydrogens is 224 g/mol. The van der Waals surface area contributed by atoms with Crippen molar-refractivity contribution in [3.63, 3.8) is 0 Å². The fourth-order valence-corrected chi connectivity index (χ4v) is 2.60. The summed E-state index contributed by atoms with van der Waals surface area (Å²) < 4.78 is 2.29. The molecular formula is C14H18N4. The highest BCUT2D eigenvalue weighted by molar-refractivity contribution is 5.59. The van der Waals surface area contributed by atoms with Crippen molar-refractivity contribution in [2.75, 3.05) is 5.73 Å². The SMILES string of the molecule is CCCC1CC1n1cncc1-c1ccc(N)nc1. The monoisotopic (exact) mass is 242 g/mol. The molecule has 18 heavy (non-hydrogen) atoms. The summed E-state index contributed by atoms with van der Waals surface area (Å²) >= 11 is 0. The van der Waals surface area contributed by atoms with Crippen LogP contribution in [-0.2, 0) is 0 Å². The van der Waals surface area contributed by atoms with Crippen molar-refractivity contribution in [2.45, 2.75) is 32.2 Å². The molecule has 4 heteroatoms. The van der Waals surface area contributed by atoms with E-state index in [1.54, 1.807) is 0 Å². The predicted octanol–water partition coefficient (Wildman–Crippen LogP) is 2.89. The van der Waals surface area contributed by atoms with Crippen LogP contribution in [0.4, 0.5) is 5.82 Å². The van der Waals surface area contributed by atoms with E-state index in [1.165, 1.54) is 19.3 Å². The summed E-state index contributed by atoms with van der Waals surface area (Å²) in [6.07, 6.45) is 9.51. The number of nitrogens with two attached hydrogens (primary N) is 1. The van der Waals surface area contributed by atoms with Gasteiger partial charge in [0.1, 0.15) is 5.82 Å². The van der Waals surface area contributed by atoms with Crippen molar-refractivity contribution in [1.29, 1.82) is 0 Å². The van der Waals surface area contributed by atoms with Crippen LogP contribution in [0.1, 0.15) is 32.2 Å². The number of rotatable bonds is 4. The van der Waals surface area contributed by atoms with Crippen LogP contribution in [0.5, 0.6) is 0 Å². The van der Waals surface area contributed by atoms with Gasteiger partial charge in [0.2, 0.25) is 0 Å². The fourth-order valence-electron chi connectivity index (χ4n) is 2.60. The molecule has 2 aromatic rings. The van der Waals surface area contributed by atoms with Gasteiger partial charge in [-0.3, -0.25) is 0 Å². The Morgan fingerprint density at radius 1 is 1.39 bits per heavy atom. The molecule has 1 aliphatic carbocycles. The molecule has 0 aliphatic heterocycles. The van der Waals surface area contributed by atoms with Gasteiger partial charge in [-0.05, 0) is 30.9 Å². The van der Waals surface area contributed by atoms with Gasteiger partial charge in [-0.15, -0.1) is 0 Å². The fraction of sp³-hybridized carbons (Fsp3) is 0.429. The van der Waals surface area contributed by atoms with Crippen molar-refractivity contribution in [2.24, 2.45) is 5.92 Å². The van der Waals surface area contributed by atoms with Gasteiger partial charge in [-0.25, -0.2) is 9.97 Å². The molecule has 1 fully saturated rings. The zero-order valence-corrected chi connectivity index (χ0v) is 10.6. The van der Waals surface area contributed by atoms with Crippen LogP contribution >= 0.6 is 0 Å². The molecule has 0 spiro atoms. The quantitative estimate of drug-likeness (QED) is 0.896. The smallest absolute Gasteiger partial charge is 0.123 e. The van der Waals surface area contributed by atoms with Crippen LogP contribution in [0.25, 0.3) is 11.3 Å². The van der Waals surface area contributed by atoms with Gasteiger partial charge < -0.3 is 10.3 Å². The Bertz CT molecular complexity index is 529. The van der Waals surface area contributed by atoms with Gasteiger partial charge in [0.15, 0.2) is 0 Å². The molecule has 4 nitrogen and oxygen atoms in total. The summed E-state index contributed by atoms with van der Waals surface area (Å²) in [5.74, 6) is 1.38. The number of anilines is 1. The highest BCUT2D eigenvalue weighted by atomic mass is 15.1. The van der Waals surface area contributed by atoms with Crippen LogP contribution < -0.4 is 5.73 Å². The van der Waals surface area contributed by atoms with E-state index in [1.807, 2.05) is 30.9 Å². The Hall–Kier alpha value is -1.84. The summed E-state index contributed by atoms with van der Waals surface area (Å²) in [6, 6.07) is 4.47. The number of aromatic nitrogens is 3. The first-order chi connectivity index (χ1) is 8.79. The predicted molar refractivity (Wildman–Crippen MR) is 71.9 cm³/mol. The third-order valence-corrected chi connectivity index (χ3v) is 3.65. The Labute approximate surface area is 107 Å². The average Bonchev–Trinajstić information content (AvgIpc) is 2.97. The van der Waals surface area contributed by atoms with Crippen molar-refractivity contribution in [1.82, 2.24) is 14.5 Å². The van der Waals surface area contributed by atoms with Crippen molar-refractivity contribution < 1.29 is 0 Å². The third kappa shape index (κ3) is 1.98. The second kappa shape index (κ2) is 4.44. The Balaban J connectivity index is 1.86. The molecule has 94 valence electrons. The van der Waals surface area contributed by atoms with E-state index < -0.39 is 0 Å². The van der Waals surface area contributed by atoms with E-state index in [-0.39, 0.29) is 0 Å². The second-order valence-corrected chi connectivity index (χ2v) is 5.01. The zero-order chi connectivity index (χ0) is 12.5. The van der Waals surface area contributed by atoms with Crippen LogP contribution in [-0.4, -0.2) is 14.5 Å². The average molecular weight is 242 g/mol. The molecule has 0 saturated heterocycles. The maximum atomic E-state index is 5.62. The first-order valence-corrected chi connectivity index (χ1v) is 6.53. The summed E-state index contributed by atoms with van der Waals surface area (Å²) in [5.41, 5.74) is 7.85. The molecule has 1 saturated carbocycles. The van der Waals surface area contributed by atoms with E-state index >= 15 is 0 Å². The molecule has 0 aromatic carbocycles. The molecule has 2 aromatic heterocycles. The molecule has 2 unspecified atom stereocenters. The second-order valence-electron chi connectivity index (χ2n) is 5.01. The first-order valence-electron chi connectivity index (χ1n) is 6.53. The summed E-state index contributed by atoms with van der Waals surface area (Å²) in [6.45, 7) is 2.24. The molecule has 0 radical (unpaired) electrons. The number of hydrogen-bond donors (Lipinski definition) is 1. The number of imidazole rings is 1. The molecule has 2 N–H and O–H groups in total. The number of pyridine rings is 1. The van der Waals surface area contributed by atoms with Gasteiger partial charge in [-0.2, -0.15) is 0 Å².